The van der Waals surface area contributed by atoms with Crippen molar-refractivity contribution < 1.29 is 14.6 Å². The minimum absolute atomic E-state index is 0.222. The molecule has 2 atom stereocenters. The number of carbonyl (C=O) groups is 1. The van der Waals surface area contributed by atoms with Crippen molar-refractivity contribution in [3.8, 4) is 22.6 Å². The van der Waals surface area contributed by atoms with Crippen LogP contribution in [-0.2, 0) is 4.79 Å². The van der Waals surface area contributed by atoms with Gasteiger partial charge in [0, 0.05) is 13.1 Å². The van der Waals surface area contributed by atoms with E-state index in [0.29, 0.717) is 29.5 Å². The van der Waals surface area contributed by atoms with Crippen LogP contribution in [0.15, 0.2) is 73.6 Å². The highest BCUT2D eigenvalue weighted by atomic mass is 16.5. The fourth-order valence-corrected chi connectivity index (χ4v) is 3.52. The summed E-state index contributed by atoms with van der Waals surface area (Å²) in [5, 5.41) is 13.6. The quantitative estimate of drug-likeness (QED) is 0.529. The van der Waals surface area contributed by atoms with Crippen LogP contribution in [-0.4, -0.2) is 51.1 Å². The van der Waals surface area contributed by atoms with Crippen LogP contribution in [0.25, 0.3) is 11.1 Å². The number of likely N-dealkylation sites (tertiary alicyclic amines) is 1. The molecule has 4 rings (SSSR count). The van der Waals surface area contributed by atoms with Crippen molar-refractivity contribution >= 4 is 17.5 Å². The molecular weight excluding hydrogens is 394 g/mol. The van der Waals surface area contributed by atoms with Crippen LogP contribution in [0, 0.1) is 0 Å². The first-order chi connectivity index (χ1) is 15.0. The average Bonchev–Trinajstić information content (AvgIpc) is 3.15. The molecule has 1 aliphatic rings. The topological polar surface area (TPSA) is 114 Å². The Labute approximate surface area is 180 Å². The van der Waals surface area contributed by atoms with Gasteiger partial charge in [0.05, 0.1) is 17.7 Å². The van der Waals surface area contributed by atoms with Gasteiger partial charge in [-0.15, -0.1) is 0 Å². The summed E-state index contributed by atoms with van der Waals surface area (Å²) in [6.07, 6.45) is 1.86. The summed E-state index contributed by atoms with van der Waals surface area (Å²) in [6.45, 7) is 4.06. The Hall–Kier alpha value is -3.91. The number of carbonyl (C=O) groups excluding carboxylic acids is 1. The number of rotatable bonds is 6. The van der Waals surface area contributed by atoms with Gasteiger partial charge < -0.3 is 25.8 Å². The van der Waals surface area contributed by atoms with Crippen LogP contribution in [0.4, 0.5) is 11.6 Å². The lowest BCUT2D eigenvalue weighted by Gasteiger charge is -2.19. The predicted molar refractivity (Wildman–Crippen MR) is 119 cm³/mol. The maximum atomic E-state index is 11.9. The molecule has 1 aliphatic heterocycles. The summed E-state index contributed by atoms with van der Waals surface area (Å²) in [6, 6.07) is 16.5. The molecule has 0 bridgehead atoms. The molecule has 0 saturated carbocycles. The number of nitrogen functional groups attached to an aromatic ring is 1. The molecule has 0 radical (unpaired) electrons. The first-order valence-corrected chi connectivity index (χ1v) is 9.85. The van der Waals surface area contributed by atoms with Gasteiger partial charge in [-0.2, -0.15) is 0 Å². The summed E-state index contributed by atoms with van der Waals surface area (Å²) in [4.78, 5) is 21.8. The van der Waals surface area contributed by atoms with Crippen molar-refractivity contribution in [2.45, 2.75) is 12.1 Å². The third kappa shape index (κ3) is 4.49. The van der Waals surface area contributed by atoms with Gasteiger partial charge >= 0.3 is 0 Å². The van der Waals surface area contributed by atoms with Gasteiger partial charge in [0.2, 0.25) is 5.91 Å². The number of amides is 1. The van der Waals surface area contributed by atoms with E-state index in [0.717, 1.165) is 11.3 Å². The molecule has 1 saturated heterocycles. The van der Waals surface area contributed by atoms with Crippen molar-refractivity contribution in [1.82, 2.24) is 14.9 Å². The van der Waals surface area contributed by atoms with E-state index in [1.807, 2.05) is 54.6 Å². The molecule has 1 aromatic heterocycles. The largest absolute Gasteiger partial charge is 0.457 e. The monoisotopic (exact) mass is 417 g/mol. The zero-order chi connectivity index (χ0) is 21.8. The third-order valence-corrected chi connectivity index (χ3v) is 5.10. The number of aliphatic hydroxyl groups is 1. The van der Waals surface area contributed by atoms with E-state index >= 15 is 0 Å². The number of aromatic nitrogens is 2. The summed E-state index contributed by atoms with van der Waals surface area (Å²) in [5.74, 6) is 2.00. The molecule has 8 heteroatoms. The van der Waals surface area contributed by atoms with E-state index in [1.165, 1.54) is 17.3 Å². The Bertz CT molecular complexity index is 1070. The van der Waals surface area contributed by atoms with Gasteiger partial charge in [-0.1, -0.05) is 36.9 Å². The Kier molecular flexibility index (Phi) is 5.81. The highest BCUT2D eigenvalue weighted by Gasteiger charge is 2.34. The van der Waals surface area contributed by atoms with Crippen molar-refractivity contribution in [2.75, 3.05) is 24.1 Å². The fraction of sp³-hybridized carbons (Fsp3) is 0.174. The zero-order valence-electron chi connectivity index (χ0n) is 16.8. The van der Waals surface area contributed by atoms with Crippen LogP contribution >= 0.6 is 0 Å². The van der Waals surface area contributed by atoms with Gasteiger partial charge in [-0.3, -0.25) is 4.79 Å². The Morgan fingerprint density at radius 3 is 2.55 bits per heavy atom. The number of ether oxygens (including phenoxy) is 1. The molecular formula is C23H23N5O3. The maximum absolute atomic E-state index is 11.9. The van der Waals surface area contributed by atoms with Gasteiger partial charge in [-0.05, 0) is 35.9 Å². The normalized spacial score (nSPS) is 17.9. The smallest absolute Gasteiger partial charge is 0.246 e. The Morgan fingerprint density at radius 2 is 1.84 bits per heavy atom. The van der Waals surface area contributed by atoms with Crippen molar-refractivity contribution in [1.29, 1.82) is 0 Å². The maximum Gasteiger partial charge on any atom is 0.246 e. The third-order valence-electron chi connectivity index (χ3n) is 5.10. The highest BCUT2D eigenvalue weighted by Crippen LogP contribution is 2.33. The minimum atomic E-state index is -0.741. The number of benzene rings is 2. The first kappa shape index (κ1) is 20.4. The number of β-amino-alcohol motifs (C(OH)–C–C–N with tert-alkyl or cyclic N) is 1. The van der Waals surface area contributed by atoms with Crippen LogP contribution in [0.3, 0.4) is 0 Å². The van der Waals surface area contributed by atoms with Crippen molar-refractivity contribution in [2.24, 2.45) is 0 Å². The summed E-state index contributed by atoms with van der Waals surface area (Å²) in [5.41, 5.74) is 7.58. The van der Waals surface area contributed by atoms with E-state index in [2.05, 4.69) is 21.9 Å². The summed E-state index contributed by atoms with van der Waals surface area (Å²) in [7, 11) is 0. The Morgan fingerprint density at radius 1 is 1.13 bits per heavy atom. The summed E-state index contributed by atoms with van der Waals surface area (Å²) >= 11 is 0. The van der Waals surface area contributed by atoms with Crippen LogP contribution in [0.1, 0.15) is 0 Å². The molecule has 158 valence electrons. The van der Waals surface area contributed by atoms with E-state index < -0.39 is 12.1 Å². The van der Waals surface area contributed by atoms with Crippen LogP contribution < -0.4 is 15.8 Å². The van der Waals surface area contributed by atoms with E-state index in [1.54, 1.807) is 0 Å². The number of nitrogens with zero attached hydrogens (tertiary/aromatic N) is 3. The van der Waals surface area contributed by atoms with Crippen molar-refractivity contribution in [3.63, 3.8) is 0 Å². The number of aliphatic hydroxyl groups excluding tert-OH is 1. The van der Waals surface area contributed by atoms with Crippen molar-refractivity contribution in [3.05, 3.63) is 73.6 Å². The molecule has 2 aromatic carbocycles. The second-order valence-corrected chi connectivity index (χ2v) is 7.19. The lowest BCUT2D eigenvalue weighted by atomic mass is 10.1. The minimum Gasteiger partial charge on any atom is -0.457 e. The second-order valence-electron chi connectivity index (χ2n) is 7.19. The number of para-hydroxylation sites is 1. The SMILES string of the molecule is C=CC(=O)N1C[C@@H](O)[C@H](Nc2ncnc(N)c2-c2ccc(Oc3ccccc3)cc2)C1. The Balaban J connectivity index is 1.55. The van der Waals surface area contributed by atoms with E-state index in [9.17, 15) is 9.90 Å². The molecule has 2 heterocycles. The lowest BCUT2D eigenvalue weighted by Crippen LogP contribution is -2.33. The highest BCUT2D eigenvalue weighted by molar-refractivity contribution is 5.87. The number of anilines is 2. The van der Waals surface area contributed by atoms with E-state index in [-0.39, 0.29) is 12.5 Å². The van der Waals surface area contributed by atoms with Gasteiger partial charge in [0.1, 0.15) is 29.5 Å². The standard InChI is InChI=1S/C23H23N5O3/c1-2-20(30)28-12-18(19(29)13-28)27-23-21(22(24)25-14-26-23)15-8-10-17(11-9-15)31-16-6-4-3-5-7-16/h2-11,14,18-19,29H,1,12-13H2,(H3,24,25,26,27)/t18-,19-/m1/s1. The van der Waals surface area contributed by atoms with Crippen LogP contribution in [0.2, 0.25) is 0 Å². The zero-order valence-corrected chi connectivity index (χ0v) is 16.8. The molecule has 1 fully saturated rings. The number of nitrogens with two attached hydrogens (primary N) is 1. The van der Waals surface area contributed by atoms with Gasteiger partial charge in [0.15, 0.2) is 0 Å². The van der Waals surface area contributed by atoms with E-state index in [4.69, 9.17) is 10.5 Å². The molecule has 4 N–H and O–H groups in total. The number of hydrogen-bond donors (Lipinski definition) is 3. The molecule has 0 spiro atoms. The molecule has 31 heavy (non-hydrogen) atoms. The molecule has 1 amide bonds. The first-order valence-electron chi connectivity index (χ1n) is 9.85. The molecule has 0 aliphatic carbocycles. The lowest BCUT2D eigenvalue weighted by molar-refractivity contribution is -0.125. The van der Waals surface area contributed by atoms with Gasteiger partial charge in [0.25, 0.3) is 0 Å². The molecule has 3 aromatic rings. The van der Waals surface area contributed by atoms with Gasteiger partial charge in [-0.25, -0.2) is 9.97 Å². The van der Waals surface area contributed by atoms with Crippen LogP contribution in [0.5, 0.6) is 11.5 Å². The second kappa shape index (κ2) is 8.85. The molecule has 0 unspecified atom stereocenters. The average molecular weight is 417 g/mol. The number of nitrogens with one attached hydrogen (secondary N) is 1. The summed E-state index contributed by atoms with van der Waals surface area (Å²) < 4.78 is 5.84. The predicted octanol–water partition coefficient (Wildman–Crippen LogP) is 2.69. The fourth-order valence-electron chi connectivity index (χ4n) is 3.52. The molecule has 8 nitrogen and oxygen atoms in total. The number of hydrogen-bond acceptors (Lipinski definition) is 7.